The monoisotopic (exact) mass is 271 g/mol. The van der Waals surface area contributed by atoms with Crippen molar-refractivity contribution in [3.63, 3.8) is 0 Å². The van der Waals surface area contributed by atoms with Crippen molar-refractivity contribution < 1.29 is 9.18 Å². The van der Waals surface area contributed by atoms with E-state index in [4.69, 9.17) is 0 Å². The third-order valence-electron chi connectivity index (χ3n) is 3.32. The smallest absolute Gasteiger partial charge is 0.181 e. The lowest BCUT2D eigenvalue weighted by Gasteiger charge is -2.10. The summed E-state index contributed by atoms with van der Waals surface area (Å²) in [7, 11) is 0. The number of aryl methyl sites for hydroxylation is 2. The van der Waals surface area contributed by atoms with Gasteiger partial charge in [-0.25, -0.2) is 4.39 Å². The van der Waals surface area contributed by atoms with Gasteiger partial charge in [0.15, 0.2) is 5.78 Å². The number of para-hydroxylation sites is 1. The van der Waals surface area contributed by atoms with Gasteiger partial charge in [-0.15, -0.1) is 0 Å². The number of carbonyl (C=O) groups excluding carboxylic acids is 1. The Hall–Kier alpha value is -2.16. The topological polar surface area (TPSA) is 29.1 Å². The molecule has 2 nitrogen and oxygen atoms in total. The van der Waals surface area contributed by atoms with Crippen LogP contribution in [-0.4, -0.2) is 12.3 Å². The van der Waals surface area contributed by atoms with E-state index in [1.807, 2.05) is 24.3 Å². The van der Waals surface area contributed by atoms with Crippen molar-refractivity contribution in [3.8, 4) is 0 Å². The maximum atomic E-state index is 13.2. The molecule has 0 bridgehead atoms. The number of anilines is 1. The second-order valence-electron chi connectivity index (χ2n) is 4.75. The Balaban J connectivity index is 2.06. The Kier molecular flexibility index (Phi) is 4.51. The van der Waals surface area contributed by atoms with Crippen LogP contribution in [0.1, 0.15) is 28.4 Å². The summed E-state index contributed by atoms with van der Waals surface area (Å²) >= 11 is 0. The minimum atomic E-state index is -0.286. The number of nitrogens with one attached hydrogen (secondary N) is 1. The zero-order valence-electron chi connectivity index (χ0n) is 11.7. The van der Waals surface area contributed by atoms with Gasteiger partial charge < -0.3 is 5.32 Å². The van der Waals surface area contributed by atoms with Crippen LogP contribution in [0.25, 0.3) is 0 Å². The molecule has 0 unspecified atom stereocenters. The lowest BCUT2D eigenvalue weighted by Crippen LogP contribution is -2.15. The van der Waals surface area contributed by atoms with E-state index in [0.717, 1.165) is 12.1 Å². The highest BCUT2D eigenvalue weighted by Crippen LogP contribution is 2.16. The van der Waals surface area contributed by atoms with Crippen LogP contribution in [0.2, 0.25) is 0 Å². The molecule has 20 heavy (non-hydrogen) atoms. The summed E-state index contributed by atoms with van der Waals surface area (Å²) in [5, 5.41) is 3.15. The van der Waals surface area contributed by atoms with E-state index in [1.165, 1.54) is 17.7 Å². The second kappa shape index (κ2) is 6.33. The molecule has 0 aliphatic carbocycles. The molecule has 104 valence electrons. The first kappa shape index (κ1) is 14.3. The predicted molar refractivity (Wildman–Crippen MR) is 79.8 cm³/mol. The van der Waals surface area contributed by atoms with Gasteiger partial charge in [0.1, 0.15) is 5.82 Å². The normalized spacial score (nSPS) is 10.3. The number of hydrogen-bond donors (Lipinski definition) is 1. The molecule has 0 aliphatic heterocycles. The van der Waals surface area contributed by atoms with Gasteiger partial charge in [-0.05, 0) is 48.7 Å². The SMILES string of the molecule is CCc1ccccc1NCC(=O)c1ccc(F)c(C)c1. The van der Waals surface area contributed by atoms with Gasteiger partial charge in [-0.3, -0.25) is 4.79 Å². The first-order chi connectivity index (χ1) is 9.61. The van der Waals surface area contributed by atoms with Crippen molar-refractivity contribution in [2.45, 2.75) is 20.3 Å². The maximum absolute atomic E-state index is 13.2. The summed E-state index contributed by atoms with van der Waals surface area (Å²) in [6.07, 6.45) is 0.910. The molecule has 0 heterocycles. The van der Waals surface area contributed by atoms with Crippen LogP contribution in [0.3, 0.4) is 0 Å². The number of carbonyl (C=O) groups is 1. The molecule has 0 fully saturated rings. The van der Waals surface area contributed by atoms with E-state index in [0.29, 0.717) is 11.1 Å². The van der Waals surface area contributed by atoms with Gasteiger partial charge in [-0.1, -0.05) is 25.1 Å². The number of halogens is 1. The third kappa shape index (κ3) is 3.23. The largest absolute Gasteiger partial charge is 0.377 e. The zero-order chi connectivity index (χ0) is 14.5. The molecule has 0 amide bonds. The Bertz CT molecular complexity index is 622. The van der Waals surface area contributed by atoms with Crippen molar-refractivity contribution in [2.24, 2.45) is 0 Å². The van der Waals surface area contributed by atoms with Gasteiger partial charge in [-0.2, -0.15) is 0 Å². The molecule has 2 aromatic rings. The fraction of sp³-hybridized carbons (Fsp3) is 0.235. The molecule has 0 spiro atoms. The molecule has 0 aliphatic rings. The highest BCUT2D eigenvalue weighted by molar-refractivity contribution is 5.99. The summed E-state index contributed by atoms with van der Waals surface area (Å²) in [5.74, 6) is -0.329. The molecule has 1 N–H and O–H groups in total. The fourth-order valence-electron chi connectivity index (χ4n) is 2.10. The van der Waals surface area contributed by atoms with E-state index < -0.39 is 0 Å². The molecule has 0 radical (unpaired) electrons. The summed E-state index contributed by atoms with van der Waals surface area (Å²) in [5.41, 5.74) is 3.17. The average Bonchev–Trinajstić information content (AvgIpc) is 2.47. The number of ketones is 1. The lowest BCUT2D eigenvalue weighted by molar-refractivity contribution is 0.101. The Morgan fingerprint density at radius 2 is 1.95 bits per heavy atom. The quantitative estimate of drug-likeness (QED) is 0.833. The van der Waals surface area contributed by atoms with Gasteiger partial charge in [0.25, 0.3) is 0 Å². The summed E-state index contributed by atoms with van der Waals surface area (Å²) in [6.45, 7) is 3.94. The molecular weight excluding hydrogens is 253 g/mol. The molecule has 3 heteroatoms. The van der Waals surface area contributed by atoms with E-state index in [2.05, 4.69) is 12.2 Å². The third-order valence-corrected chi connectivity index (χ3v) is 3.32. The van der Waals surface area contributed by atoms with Crippen LogP contribution in [0, 0.1) is 12.7 Å². The van der Waals surface area contributed by atoms with Crippen molar-refractivity contribution in [1.29, 1.82) is 0 Å². The van der Waals surface area contributed by atoms with Crippen LogP contribution < -0.4 is 5.32 Å². The molecule has 0 atom stereocenters. The van der Waals surface area contributed by atoms with Gasteiger partial charge in [0, 0.05) is 11.3 Å². The van der Waals surface area contributed by atoms with Gasteiger partial charge in [0.05, 0.1) is 6.54 Å². The maximum Gasteiger partial charge on any atom is 0.181 e. The van der Waals surface area contributed by atoms with E-state index >= 15 is 0 Å². The highest BCUT2D eigenvalue weighted by atomic mass is 19.1. The average molecular weight is 271 g/mol. The number of rotatable bonds is 5. The van der Waals surface area contributed by atoms with E-state index in [-0.39, 0.29) is 18.1 Å². The van der Waals surface area contributed by atoms with E-state index in [1.54, 1.807) is 13.0 Å². The molecule has 0 saturated heterocycles. The van der Waals surface area contributed by atoms with Crippen LogP contribution in [-0.2, 0) is 6.42 Å². The number of benzene rings is 2. The van der Waals surface area contributed by atoms with Crippen molar-refractivity contribution in [3.05, 3.63) is 65.0 Å². The molecule has 0 aromatic heterocycles. The van der Waals surface area contributed by atoms with Crippen LogP contribution in [0.15, 0.2) is 42.5 Å². The minimum Gasteiger partial charge on any atom is -0.377 e. The zero-order valence-corrected chi connectivity index (χ0v) is 11.7. The summed E-state index contributed by atoms with van der Waals surface area (Å²) in [6, 6.07) is 12.4. The van der Waals surface area contributed by atoms with Crippen LogP contribution in [0.4, 0.5) is 10.1 Å². The van der Waals surface area contributed by atoms with Crippen LogP contribution in [0.5, 0.6) is 0 Å². The number of Topliss-reactive ketones (excluding diaryl/α,β-unsaturated/α-hetero) is 1. The summed E-state index contributed by atoms with van der Waals surface area (Å²) < 4.78 is 13.2. The Labute approximate surface area is 118 Å². The van der Waals surface area contributed by atoms with Gasteiger partial charge >= 0.3 is 0 Å². The molecule has 0 saturated carbocycles. The van der Waals surface area contributed by atoms with Crippen molar-refractivity contribution in [2.75, 3.05) is 11.9 Å². The second-order valence-corrected chi connectivity index (χ2v) is 4.75. The molecule has 2 rings (SSSR count). The lowest BCUT2D eigenvalue weighted by atomic mass is 10.1. The Morgan fingerprint density at radius 1 is 1.20 bits per heavy atom. The van der Waals surface area contributed by atoms with Crippen molar-refractivity contribution in [1.82, 2.24) is 0 Å². The van der Waals surface area contributed by atoms with Crippen LogP contribution >= 0.6 is 0 Å². The van der Waals surface area contributed by atoms with E-state index in [9.17, 15) is 9.18 Å². The molecule has 2 aromatic carbocycles. The predicted octanol–water partition coefficient (Wildman–Crippen LogP) is 3.99. The standard InChI is InChI=1S/C17H18FNO/c1-3-13-6-4-5-7-16(13)19-11-17(20)14-8-9-15(18)12(2)10-14/h4-10,19H,3,11H2,1-2H3. The summed E-state index contributed by atoms with van der Waals surface area (Å²) in [4.78, 5) is 12.1. The first-order valence-electron chi connectivity index (χ1n) is 6.73. The first-order valence-corrected chi connectivity index (χ1v) is 6.73. The minimum absolute atomic E-state index is 0.0426. The Morgan fingerprint density at radius 3 is 2.65 bits per heavy atom. The molecular formula is C17H18FNO. The highest BCUT2D eigenvalue weighted by Gasteiger charge is 2.08. The van der Waals surface area contributed by atoms with Gasteiger partial charge in [0.2, 0.25) is 0 Å². The number of hydrogen-bond acceptors (Lipinski definition) is 2. The fourth-order valence-corrected chi connectivity index (χ4v) is 2.10. The van der Waals surface area contributed by atoms with Crippen molar-refractivity contribution >= 4 is 11.5 Å².